The van der Waals surface area contributed by atoms with Gasteiger partial charge in [-0.2, -0.15) is 0 Å². The Kier molecular flexibility index (Phi) is 4.19. The third-order valence-corrected chi connectivity index (χ3v) is 4.09. The summed E-state index contributed by atoms with van der Waals surface area (Å²) in [5.74, 6) is 1.09. The van der Waals surface area contributed by atoms with E-state index in [4.69, 9.17) is 27.9 Å². The van der Waals surface area contributed by atoms with Gasteiger partial charge in [-0.3, -0.25) is 9.59 Å². The summed E-state index contributed by atoms with van der Waals surface area (Å²) >= 11 is 11.2. The average molecular weight is 335 g/mol. The number of rotatable bonds is 4. The average Bonchev–Trinajstić information content (AvgIpc) is 2.57. The highest BCUT2D eigenvalue weighted by Gasteiger charge is 2.20. The van der Waals surface area contributed by atoms with Crippen LogP contribution in [0.4, 0.5) is 0 Å². The molecule has 22 heavy (non-hydrogen) atoms. The Morgan fingerprint density at radius 2 is 1.32 bits per heavy atom. The third kappa shape index (κ3) is 2.74. The topological polar surface area (TPSA) is 43.4 Å². The number of ketones is 2. The second-order valence-corrected chi connectivity index (χ2v) is 5.57. The highest BCUT2D eigenvalue weighted by molar-refractivity contribution is 6.30. The van der Waals surface area contributed by atoms with Gasteiger partial charge in [0.15, 0.2) is 11.6 Å². The molecule has 0 aromatic heterocycles. The van der Waals surface area contributed by atoms with Gasteiger partial charge in [0.1, 0.15) is 11.5 Å². The molecule has 2 aromatic rings. The van der Waals surface area contributed by atoms with Gasteiger partial charge < -0.3 is 4.74 Å². The van der Waals surface area contributed by atoms with E-state index in [9.17, 15) is 9.59 Å². The number of ether oxygens (including phenoxy) is 1. The zero-order valence-corrected chi connectivity index (χ0v) is 13.1. The minimum absolute atomic E-state index is 0.0510. The normalized spacial score (nSPS) is 12.1. The monoisotopic (exact) mass is 334 g/mol. The van der Waals surface area contributed by atoms with Gasteiger partial charge >= 0.3 is 0 Å². The Hall–Kier alpha value is -1.84. The van der Waals surface area contributed by atoms with Crippen LogP contribution in [-0.2, 0) is 6.42 Å². The molecule has 0 aliphatic carbocycles. The molecule has 0 fully saturated rings. The molecule has 0 bridgehead atoms. The molecule has 0 amide bonds. The summed E-state index contributed by atoms with van der Waals surface area (Å²) in [6.07, 6.45) is 0.595. The number of fused-ring (bicyclic) bond motifs is 2. The van der Waals surface area contributed by atoms with Crippen molar-refractivity contribution in [3.63, 3.8) is 0 Å². The van der Waals surface area contributed by atoms with Gasteiger partial charge in [-0.1, -0.05) is 0 Å². The summed E-state index contributed by atoms with van der Waals surface area (Å²) in [6.45, 7) is 0. The SMILES string of the molecule is O=C(CCl)c1ccc2c(c1)Cc1cc(C(=O)CCl)ccc1O2. The maximum atomic E-state index is 11.7. The van der Waals surface area contributed by atoms with Crippen molar-refractivity contribution in [1.82, 2.24) is 0 Å². The van der Waals surface area contributed by atoms with Crippen molar-refractivity contribution in [1.29, 1.82) is 0 Å². The molecule has 0 saturated heterocycles. The largest absolute Gasteiger partial charge is 0.457 e. The smallest absolute Gasteiger partial charge is 0.177 e. The molecule has 0 radical (unpaired) electrons. The second kappa shape index (κ2) is 6.11. The highest BCUT2D eigenvalue weighted by atomic mass is 35.5. The number of carbonyl (C=O) groups excluding carboxylic acids is 2. The number of hydrogen-bond acceptors (Lipinski definition) is 3. The number of benzene rings is 2. The number of Topliss-reactive ketones (excluding diaryl/α,β-unsaturated/α-hetero) is 2. The molecule has 2 aromatic carbocycles. The minimum atomic E-state index is -0.124. The Bertz CT molecular complexity index is 705. The van der Waals surface area contributed by atoms with Gasteiger partial charge in [0, 0.05) is 28.7 Å². The van der Waals surface area contributed by atoms with Crippen LogP contribution in [-0.4, -0.2) is 23.3 Å². The number of alkyl halides is 2. The van der Waals surface area contributed by atoms with Crippen LogP contribution in [0.5, 0.6) is 11.5 Å². The lowest BCUT2D eigenvalue weighted by Gasteiger charge is -2.21. The Morgan fingerprint density at radius 1 is 0.864 bits per heavy atom. The van der Waals surface area contributed by atoms with Gasteiger partial charge in [-0.15, -0.1) is 23.2 Å². The number of carbonyl (C=O) groups is 2. The lowest BCUT2D eigenvalue weighted by molar-refractivity contribution is 0.101. The van der Waals surface area contributed by atoms with Crippen molar-refractivity contribution >= 4 is 34.8 Å². The Labute approximate surface area is 137 Å². The standard InChI is InChI=1S/C17H12Cl2O3/c18-8-14(20)10-1-3-16-12(5-10)7-13-6-11(15(21)9-19)2-4-17(13)22-16/h1-6H,7-9H2. The van der Waals surface area contributed by atoms with Crippen LogP contribution < -0.4 is 4.74 Å². The van der Waals surface area contributed by atoms with Crippen LogP contribution in [0, 0.1) is 0 Å². The van der Waals surface area contributed by atoms with Crippen molar-refractivity contribution in [3.05, 3.63) is 58.7 Å². The summed E-state index contributed by atoms with van der Waals surface area (Å²) < 4.78 is 5.83. The van der Waals surface area contributed by atoms with Crippen LogP contribution in [0.25, 0.3) is 0 Å². The van der Waals surface area contributed by atoms with Crippen molar-refractivity contribution in [2.75, 3.05) is 11.8 Å². The molecule has 3 rings (SSSR count). The predicted molar refractivity (Wildman–Crippen MR) is 85.9 cm³/mol. The third-order valence-electron chi connectivity index (χ3n) is 3.61. The van der Waals surface area contributed by atoms with E-state index in [1.807, 2.05) is 0 Å². The fraction of sp³-hybridized carbons (Fsp3) is 0.176. The van der Waals surface area contributed by atoms with Crippen molar-refractivity contribution < 1.29 is 14.3 Å². The van der Waals surface area contributed by atoms with E-state index >= 15 is 0 Å². The van der Waals surface area contributed by atoms with Crippen LogP contribution in [0.15, 0.2) is 36.4 Å². The Balaban J connectivity index is 1.96. The molecule has 0 saturated carbocycles. The zero-order valence-electron chi connectivity index (χ0n) is 11.6. The maximum absolute atomic E-state index is 11.7. The first-order chi connectivity index (χ1) is 10.6. The first-order valence-corrected chi connectivity index (χ1v) is 7.81. The van der Waals surface area contributed by atoms with Gasteiger partial charge in [0.05, 0.1) is 11.8 Å². The lowest BCUT2D eigenvalue weighted by Crippen LogP contribution is -2.08. The highest BCUT2D eigenvalue weighted by Crippen LogP contribution is 2.37. The molecule has 0 atom stereocenters. The fourth-order valence-corrected chi connectivity index (χ4v) is 2.77. The molecule has 0 N–H and O–H groups in total. The fourth-order valence-electron chi connectivity index (χ4n) is 2.46. The number of halogens is 2. The number of hydrogen-bond donors (Lipinski definition) is 0. The summed E-state index contributed by atoms with van der Waals surface area (Å²) in [6, 6.07) is 10.5. The summed E-state index contributed by atoms with van der Waals surface area (Å²) in [4.78, 5) is 23.4. The van der Waals surface area contributed by atoms with Crippen molar-refractivity contribution in [2.24, 2.45) is 0 Å². The van der Waals surface area contributed by atoms with E-state index in [-0.39, 0.29) is 23.3 Å². The molecule has 1 heterocycles. The van der Waals surface area contributed by atoms with Gasteiger partial charge in [-0.05, 0) is 36.4 Å². The zero-order chi connectivity index (χ0) is 15.7. The molecule has 0 spiro atoms. The van der Waals surface area contributed by atoms with Crippen molar-refractivity contribution in [2.45, 2.75) is 6.42 Å². The summed E-state index contributed by atoms with van der Waals surface area (Å²) in [7, 11) is 0. The minimum Gasteiger partial charge on any atom is -0.457 e. The first-order valence-electron chi connectivity index (χ1n) is 6.74. The quantitative estimate of drug-likeness (QED) is 0.529. The predicted octanol–water partition coefficient (Wildman–Crippen LogP) is 4.23. The molecule has 1 aliphatic rings. The van der Waals surface area contributed by atoms with Gasteiger partial charge in [0.2, 0.25) is 0 Å². The molecule has 112 valence electrons. The van der Waals surface area contributed by atoms with Crippen LogP contribution in [0.2, 0.25) is 0 Å². The van der Waals surface area contributed by atoms with E-state index in [0.717, 1.165) is 22.6 Å². The van der Waals surface area contributed by atoms with E-state index < -0.39 is 0 Å². The molecular formula is C17H12Cl2O3. The van der Waals surface area contributed by atoms with Crippen LogP contribution >= 0.6 is 23.2 Å². The van der Waals surface area contributed by atoms with E-state index in [1.165, 1.54) is 0 Å². The van der Waals surface area contributed by atoms with E-state index in [1.54, 1.807) is 36.4 Å². The summed E-state index contributed by atoms with van der Waals surface area (Å²) in [5, 5.41) is 0. The molecule has 1 aliphatic heterocycles. The van der Waals surface area contributed by atoms with Gasteiger partial charge in [-0.25, -0.2) is 0 Å². The first kappa shape index (κ1) is 15.1. The second-order valence-electron chi connectivity index (χ2n) is 5.04. The Morgan fingerprint density at radius 3 is 1.73 bits per heavy atom. The van der Waals surface area contributed by atoms with Crippen LogP contribution in [0.1, 0.15) is 31.8 Å². The lowest BCUT2D eigenvalue weighted by atomic mass is 9.95. The maximum Gasteiger partial charge on any atom is 0.177 e. The van der Waals surface area contributed by atoms with Crippen LogP contribution in [0.3, 0.4) is 0 Å². The van der Waals surface area contributed by atoms with Crippen molar-refractivity contribution in [3.8, 4) is 11.5 Å². The van der Waals surface area contributed by atoms with Gasteiger partial charge in [0.25, 0.3) is 0 Å². The molecule has 5 heteroatoms. The molecule has 0 unspecified atom stereocenters. The van der Waals surface area contributed by atoms with E-state index in [0.29, 0.717) is 17.5 Å². The molecule has 3 nitrogen and oxygen atoms in total. The summed E-state index contributed by atoms with van der Waals surface area (Å²) in [5.41, 5.74) is 2.93. The molecular weight excluding hydrogens is 323 g/mol. The van der Waals surface area contributed by atoms with E-state index in [2.05, 4.69) is 0 Å².